The van der Waals surface area contributed by atoms with Crippen LogP contribution in [0.2, 0.25) is 3.97 Å². The predicted molar refractivity (Wildman–Crippen MR) is 50.1 cm³/mol. The van der Waals surface area contributed by atoms with Gasteiger partial charge in [-0.2, -0.15) is 0 Å². The Morgan fingerprint density at radius 2 is 2.23 bits per heavy atom. The Kier molecular flexibility index (Phi) is 2.17. The molecule has 2 bridgehead atoms. The quantitative estimate of drug-likeness (QED) is 0.688. The zero-order valence-electron chi connectivity index (χ0n) is 7.91. The summed E-state index contributed by atoms with van der Waals surface area (Å²) in [4.78, 5) is 11.9. The van der Waals surface area contributed by atoms with Crippen LogP contribution in [-0.4, -0.2) is 26.7 Å². The molecule has 0 aromatic heterocycles. The van der Waals surface area contributed by atoms with Crippen LogP contribution in [0.4, 0.5) is 0 Å². The van der Waals surface area contributed by atoms with Crippen LogP contribution in [0.1, 0.15) is 26.7 Å². The third-order valence-corrected chi connectivity index (χ3v) is 6.42. The summed E-state index contributed by atoms with van der Waals surface area (Å²) in [7, 11) is 0. The summed E-state index contributed by atoms with van der Waals surface area (Å²) >= 11 is -0.712. The van der Waals surface area contributed by atoms with Crippen molar-refractivity contribution in [3.8, 4) is 4.12 Å². The fraction of sp³-hybridized carbons (Fsp3) is 0.800. The van der Waals surface area contributed by atoms with Gasteiger partial charge in [0.05, 0.1) is 0 Å². The summed E-state index contributed by atoms with van der Waals surface area (Å²) in [5.74, 6) is 1.23. The molecule has 3 heteroatoms. The molecule has 3 atom stereocenters. The average molecular weight is 291 g/mol. The second-order valence-electron chi connectivity index (χ2n) is 4.59. The molecule has 2 rings (SSSR count). The molecular weight excluding hydrogens is 278 g/mol. The number of carbonyl (C=O) groups excluding carboxylic acids is 1. The van der Waals surface area contributed by atoms with Crippen LogP contribution in [0.3, 0.4) is 0 Å². The average Bonchev–Trinajstić information content (AvgIpc) is 2.43. The fourth-order valence-corrected chi connectivity index (χ4v) is 5.98. The van der Waals surface area contributed by atoms with Crippen LogP contribution in [0.15, 0.2) is 0 Å². The van der Waals surface area contributed by atoms with Gasteiger partial charge in [-0.15, -0.1) is 0 Å². The zero-order valence-corrected chi connectivity index (χ0v) is 10.2. The van der Waals surface area contributed by atoms with E-state index in [9.17, 15) is 4.79 Å². The number of nitriles is 1. The molecule has 0 unspecified atom stereocenters. The van der Waals surface area contributed by atoms with Gasteiger partial charge in [-0.05, 0) is 0 Å². The van der Waals surface area contributed by atoms with Crippen molar-refractivity contribution in [2.45, 2.75) is 30.7 Å². The van der Waals surface area contributed by atoms with E-state index < -0.39 is 20.9 Å². The molecule has 2 nitrogen and oxygen atoms in total. The van der Waals surface area contributed by atoms with Crippen molar-refractivity contribution in [2.75, 3.05) is 0 Å². The first-order valence-electron chi connectivity index (χ1n) is 4.67. The molecule has 0 aromatic rings. The summed E-state index contributed by atoms with van der Waals surface area (Å²) in [6.07, 6.45) is 2.26. The first kappa shape index (κ1) is 9.50. The summed E-state index contributed by atoms with van der Waals surface area (Å²) in [5, 5.41) is 8.70. The Labute approximate surface area is 88.8 Å². The van der Waals surface area contributed by atoms with E-state index in [1.165, 1.54) is 6.42 Å². The fourth-order valence-electron chi connectivity index (χ4n) is 2.99. The second-order valence-corrected chi connectivity index (χ2v) is 7.23. The number of hydrogen-bond donors (Lipinski definition) is 0. The van der Waals surface area contributed by atoms with E-state index in [2.05, 4.69) is 18.0 Å². The molecule has 70 valence electrons. The van der Waals surface area contributed by atoms with Crippen molar-refractivity contribution in [1.82, 2.24) is 0 Å². The van der Waals surface area contributed by atoms with Crippen molar-refractivity contribution in [3.05, 3.63) is 0 Å². The van der Waals surface area contributed by atoms with Gasteiger partial charge in [-0.25, -0.2) is 0 Å². The third kappa shape index (κ3) is 1.16. The van der Waals surface area contributed by atoms with Gasteiger partial charge in [0.15, 0.2) is 0 Å². The summed E-state index contributed by atoms with van der Waals surface area (Å²) < 4.78 is 2.46. The molecule has 13 heavy (non-hydrogen) atoms. The first-order chi connectivity index (χ1) is 6.09. The molecule has 2 saturated carbocycles. The standard InChI is InChI=1S/C10H13NOTe/c1-10(2)6-3-4-7(10)9(8(6)12)13-5-11/h6-7,9H,3-4H2,1-2H3/t6-,7+,9-/m0/s1. The Hall–Kier alpha value is -0.0504. The van der Waals surface area contributed by atoms with Crippen molar-refractivity contribution in [1.29, 1.82) is 5.26 Å². The number of hydrogen-bond acceptors (Lipinski definition) is 2. The van der Waals surface area contributed by atoms with Gasteiger partial charge in [0.2, 0.25) is 0 Å². The Balaban J connectivity index is 2.29. The number of Topliss-reactive ketones (excluding diaryl/α,β-unsaturated/α-hetero) is 1. The number of ketones is 1. The van der Waals surface area contributed by atoms with E-state index in [1.54, 1.807) is 0 Å². The monoisotopic (exact) mass is 293 g/mol. The first-order valence-corrected chi connectivity index (χ1v) is 7.18. The molecular formula is C10H13NOTe. The van der Waals surface area contributed by atoms with E-state index in [1.807, 2.05) is 0 Å². The molecule has 2 aliphatic rings. The number of carbonyl (C=O) groups is 1. The van der Waals surface area contributed by atoms with E-state index in [4.69, 9.17) is 5.26 Å². The van der Waals surface area contributed by atoms with Crippen molar-refractivity contribution < 1.29 is 4.79 Å². The SMILES string of the molecule is CC1(C)[C@@H]2CC[C@H]1C(=O)[C@H]2[Te]C#N. The summed E-state index contributed by atoms with van der Waals surface area (Å²) in [6.45, 7) is 4.41. The Bertz CT molecular complexity index is 292. The predicted octanol–water partition coefficient (Wildman–Crippen LogP) is 1.60. The summed E-state index contributed by atoms with van der Waals surface area (Å²) in [5.41, 5.74) is 0.198. The van der Waals surface area contributed by atoms with Crippen LogP contribution < -0.4 is 0 Å². The van der Waals surface area contributed by atoms with Gasteiger partial charge in [-0.1, -0.05) is 0 Å². The van der Waals surface area contributed by atoms with Gasteiger partial charge in [0.25, 0.3) is 0 Å². The van der Waals surface area contributed by atoms with Crippen molar-refractivity contribution in [3.63, 3.8) is 0 Å². The van der Waals surface area contributed by atoms with Gasteiger partial charge >= 0.3 is 88.8 Å². The molecule has 2 fully saturated rings. The van der Waals surface area contributed by atoms with Crippen LogP contribution >= 0.6 is 0 Å². The molecule has 0 radical (unpaired) electrons. The number of fused-ring (bicyclic) bond motifs is 2. The molecule has 0 spiro atoms. The van der Waals surface area contributed by atoms with E-state index >= 15 is 0 Å². The maximum absolute atomic E-state index is 11.9. The summed E-state index contributed by atoms with van der Waals surface area (Å²) in [6, 6.07) is 0. The molecule has 0 N–H and O–H groups in total. The molecule has 0 aromatic carbocycles. The van der Waals surface area contributed by atoms with Gasteiger partial charge in [-0.3, -0.25) is 0 Å². The topological polar surface area (TPSA) is 40.9 Å². The van der Waals surface area contributed by atoms with Crippen LogP contribution in [0.25, 0.3) is 0 Å². The van der Waals surface area contributed by atoms with Crippen molar-refractivity contribution >= 4 is 26.7 Å². The minimum absolute atomic E-state index is 0.184. The Morgan fingerprint density at radius 3 is 2.69 bits per heavy atom. The van der Waals surface area contributed by atoms with Gasteiger partial charge in [0, 0.05) is 0 Å². The molecule has 0 heterocycles. The molecule has 0 saturated heterocycles. The number of rotatable bonds is 1. The van der Waals surface area contributed by atoms with Crippen molar-refractivity contribution in [2.24, 2.45) is 17.3 Å². The maximum atomic E-state index is 11.9. The normalized spacial score (nSPS) is 40.7. The molecule has 0 amide bonds. The minimum atomic E-state index is -0.712. The molecule has 2 aliphatic carbocycles. The van der Waals surface area contributed by atoms with Crippen LogP contribution in [0.5, 0.6) is 0 Å². The second kappa shape index (κ2) is 2.97. The van der Waals surface area contributed by atoms with Gasteiger partial charge in [0.1, 0.15) is 0 Å². The Morgan fingerprint density at radius 1 is 1.54 bits per heavy atom. The van der Waals surface area contributed by atoms with Gasteiger partial charge < -0.3 is 0 Å². The van der Waals surface area contributed by atoms with Crippen LogP contribution in [0, 0.1) is 26.6 Å². The third-order valence-electron chi connectivity index (χ3n) is 3.79. The number of nitrogens with zero attached hydrogens (tertiary/aromatic N) is 1. The molecule has 0 aliphatic heterocycles. The van der Waals surface area contributed by atoms with Crippen LogP contribution in [-0.2, 0) is 4.79 Å². The zero-order chi connectivity index (χ0) is 9.64. The van der Waals surface area contributed by atoms with E-state index in [-0.39, 0.29) is 15.3 Å². The van der Waals surface area contributed by atoms with E-state index in [0.717, 1.165) is 6.42 Å². The van der Waals surface area contributed by atoms with E-state index in [0.29, 0.717) is 11.7 Å².